The normalized spacial score (nSPS) is 10.2. The van der Waals surface area contributed by atoms with E-state index in [0.29, 0.717) is 23.4 Å². The van der Waals surface area contributed by atoms with Crippen LogP contribution in [0.4, 0.5) is 0 Å². The number of ether oxygens (including phenoxy) is 2. The minimum atomic E-state index is -0.465. The molecule has 24 heavy (non-hydrogen) atoms. The number of hydrogen-bond acceptors (Lipinski definition) is 6. The first kappa shape index (κ1) is 15.5. The molecule has 0 bridgehead atoms. The SMILES string of the molecule is COC(=O)c1ccnc(Oc2cccc(-c3ccc(C=O)o3)c2)c1. The average molecular weight is 323 g/mol. The van der Waals surface area contributed by atoms with Gasteiger partial charge in [-0.3, -0.25) is 4.79 Å². The zero-order valence-electron chi connectivity index (χ0n) is 12.8. The van der Waals surface area contributed by atoms with Crippen molar-refractivity contribution < 1.29 is 23.5 Å². The summed E-state index contributed by atoms with van der Waals surface area (Å²) in [4.78, 5) is 26.3. The van der Waals surface area contributed by atoms with Crippen molar-refractivity contribution in [3.8, 4) is 23.0 Å². The summed E-state index contributed by atoms with van der Waals surface area (Å²) in [7, 11) is 1.31. The van der Waals surface area contributed by atoms with Gasteiger partial charge in [0.15, 0.2) is 12.0 Å². The van der Waals surface area contributed by atoms with Crippen molar-refractivity contribution in [3.63, 3.8) is 0 Å². The zero-order valence-corrected chi connectivity index (χ0v) is 12.8. The largest absolute Gasteiger partial charge is 0.465 e. The molecule has 0 radical (unpaired) electrons. The van der Waals surface area contributed by atoms with E-state index in [1.54, 1.807) is 36.4 Å². The number of aromatic nitrogens is 1. The van der Waals surface area contributed by atoms with Crippen LogP contribution in [-0.4, -0.2) is 24.3 Å². The van der Waals surface area contributed by atoms with E-state index in [1.807, 2.05) is 6.07 Å². The van der Waals surface area contributed by atoms with Gasteiger partial charge in [-0.2, -0.15) is 0 Å². The lowest BCUT2D eigenvalue weighted by atomic mass is 10.1. The molecule has 3 rings (SSSR count). The molecule has 0 N–H and O–H groups in total. The lowest BCUT2D eigenvalue weighted by Gasteiger charge is -2.07. The molecule has 120 valence electrons. The van der Waals surface area contributed by atoms with Gasteiger partial charge in [0.1, 0.15) is 11.5 Å². The molecule has 0 aliphatic heterocycles. The maximum absolute atomic E-state index is 11.5. The van der Waals surface area contributed by atoms with Gasteiger partial charge in [0.25, 0.3) is 0 Å². The maximum Gasteiger partial charge on any atom is 0.338 e. The fraction of sp³-hybridized carbons (Fsp3) is 0.0556. The number of furan rings is 1. The fourth-order valence-corrected chi connectivity index (χ4v) is 2.11. The van der Waals surface area contributed by atoms with Gasteiger partial charge in [-0.25, -0.2) is 9.78 Å². The number of pyridine rings is 1. The molecule has 0 fully saturated rings. The minimum Gasteiger partial charge on any atom is -0.465 e. The summed E-state index contributed by atoms with van der Waals surface area (Å²) in [5.41, 5.74) is 1.10. The molecule has 2 heterocycles. The number of esters is 1. The first-order valence-corrected chi connectivity index (χ1v) is 7.07. The van der Waals surface area contributed by atoms with Gasteiger partial charge in [0.2, 0.25) is 5.88 Å². The zero-order chi connectivity index (χ0) is 16.9. The molecule has 3 aromatic rings. The Morgan fingerprint density at radius 1 is 1.17 bits per heavy atom. The number of benzene rings is 1. The van der Waals surface area contributed by atoms with E-state index >= 15 is 0 Å². The molecule has 0 spiro atoms. The van der Waals surface area contributed by atoms with Crippen LogP contribution in [0.5, 0.6) is 11.6 Å². The van der Waals surface area contributed by atoms with Crippen molar-refractivity contribution in [1.82, 2.24) is 4.98 Å². The Bertz CT molecular complexity index is 884. The second kappa shape index (κ2) is 6.78. The van der Waals surface area contributed by atoms with Gasteiger partial charge in [-0.05, 0) is 30.3 Å². The molecule has 0 saturated heterocycles. The molecule has 0 aliphatic rings. The lowest BCUT2D eigenvalue weighted by molar-refractivity contribution is 0.0600. The first-order chi connectivity index (χ1) is 11.7. The topological polar surface area (TPSA) is 78.6 Å². The van der Waals surface area contributed by atoms with Crippen LogP contribution in [0.1, 0.15) is 20.9 Å². The van der Waals surface area contributed by atoms with Gasteiger partial charge < -0.3 is 13.9 Å². The molecule has 2 aromatic heterocycles. The highest BCUT2D eigenvalue weighted by atomic mass is 16.5. The average Bonchev–Trinajstić information content (AvgIpc) is 3.11. The summed E-state index contributed by atoms with van der Waals surface area (Å²) in [6, 6.07) is 13.5. The monoisotopic (exact) mass is 323 g/mol. The summed E-state index contributed by atoms with van der Waals surface area (Å²) in [6.07, 6.45) is 2.11. The van der Waals surface area contributed by atoms with Crippen LogP contribution in [0.3, 0.4) is 0 Å². The van der Waals surface area contributed by atoms with Crippen LogP contribution >= 0.6 is 0 Å². The summed E-state index contributed by atoms with van der Waals surface area (Å²) in [5.74, 6) is 1.13. The second-order valence-corrected chi connectivity index (χ2v) is 4.82. The molecule has 0 aliphatic carbocycles. The van der Waals surface area contributed by atoms with E-state index in [1.165, 1.54) is 19.4 Å². The Kier molecular flexibility index (Phi) is 4.38. The van der Waals surface area contributed by atoms with Gasteiger partial charge in [-0.1, -0.05) is 12.1 Å². The van der Waals surface area contributed by atoms with Gasteiger partial charge in [-0.15, -0.1) is 0 Å². The van der Waals surface area contributed by atoms with Crippen molar-refractivity contribution in [2.24, 2.45) is 0 Å². The molecule has 0 amide bonds. The van der Waals surface area contributed by atoms with Crippen LogP contribution < -0.4 is 4.74 Å². The number of hydrogen-bond donors (Lipinski definition) is 0. The highest BCUT2D eigenvalue weighted by Crippen LogP contribution is 2.28. The van der Waals surface area contributed by atoms with Crippen LogP contribution in [0.15, 0.2) is 59.1 Å². The van der Waals surface area contributed by atoms with Crippen LogP contribution in [0, 0.1) is 0 Å². The lowest BCUT2D eigenvalue weighted by Crippen LogP contribution is -2.01. The van der Waals surface area contributed by atoms with Gasteiger partial charge in [0.05, 0.1) is 12.7 Å². The van der Waals surface area contributed by atoms with Crippen molar-refractivity contribution in [2.75, 3.05) is 7.11 Å². The van der Waals surface area contributed by atoms with Gasteiger partial charge >= 0.3 is 5.97 Å². The summed E-state index contributed by atoms with van der Waals surface area (Å²) < 4.78 is 15.7. The number of aldehydes is 1. The van der Waals surface area contributed by atoms with Crippen molar-refractivity contribution in [3.05, 3.63) is 66.1 Å². The van der Waals surface area contributed by atoms with Crippen molar-refractivity contribution >= 4 is 12.3 Å². The highest BCUT2D eigenvalue weighted by molar-refractivity contribution is 5.89. The standard InChI is InChI=1S/C18H13NO5/c1-22-18(21)13-7-8-19-17(10-13)24-14-4-2-3-12(9-14)16-6-5-15(11-20)23-16/h2-11H,1H3. The van der Waals surface area contributed by atoms with E-state index in [2.05, 4.69) is 9.72 Å². The van der Waals surface area contributed by atoms with Crippen molar-refractivity contribution in [2.45, 2.75) is 0 Å². The summed E-state index contributed by atoms with van der Waals surface area (Å²) in [6.45, 7) is 0. The minimum absolute atomic E-state index is 0.253. The molecule has 1 aromatic carbocycles. The Morgan fingerprint density at radius 2 is 2.04 bits per heavy atom. The van der Waals surface area contributed by atoms with E-state index < -0.39 is 5.97 Å². The van der Waals surface area contributed by atoms with Gasteiger partial charge in [0, 0.05) is 17.8 Å². The third-order valence-electron chi connectivity index (χ3n) is 3.24. The first-order valence-electron chi connectivity index (χ1n) is 7.07. The second-order valence-electron chi connectivity index (χ2n) is 4.82. The Balaban J connectivity index is 1.84. The number of nitrogens with zero attached hydrogens (tertiary/aromatic N) is 1. The number of methoxy groups -OCH3 is 1. The summed E-state index contributed by atoms with van der Waals surface area (Å²) in [5, 5.41) is 0. The number of rotatable bonds is 5. The molecule has 0 unspecified atom stereocenters. The van der Waals surface area contributed by atoms with Crippen LogP contribution in [0.2, 0.25) is 0 Å². The third-order valence-corrected chi connectivity index (χ3v) is 3.24. The number of carbonyl (C=O) groups excluding carboxylic acids is 2. The number of carbonyl (C=O) groups is 2. The molecule has 0 atom stereocenters. The Hall–Kier alpha value is -3.41. The van der Waals surface area contributed by atoms with Crippen molar-refractivity contribution in [1.29, 1.82) is 0 Å². The molecule has 0 saturated carbocycles. The van der Waals surface area contributed by atoms with E-state index in [0.717, 1.165) is 5.56 Å². The Morgan fingerprint density at radius 3 is 2.79 bits per heavy atom. The van der Waals surface area contributed by atoms with Crippen LogP contribution in [0.25, 0.3) is 11.3 Å². The molecular weight excluding hydrogens is 310 g/mol. The predicted octanol–water partition coefficient (Wildman–Crippen LogP) is 3.73. The Labute approximate surface area is 137 Å². The van der Waals surface area contributed by atoms with E-state index in [-0.39, 0.29) is 11.6 Å². The fourth-order valence-electron chi connectivity index (χ4n) is 2.11. The van der Waals surface area contributed by atoms with E-state index in [9.17, 15) is 9.59 Å². The molecule has 6 nitrogen and oxygen atoms in total. The summed E-state index contributed by atoms with van der Waals surface area (Å²) >= 11 is 0. The quantitative estimate of drug-likeness (QED) is 0.526. The third kappa shape index (κ3) is 3.33. The highest BCUT2D eigenvalue weighted by Gasteiger charge is 2.09. The van der Waals surface area contributed by atoms with Crippen LogP contribution in [-0.2, 0) is 4.74 Å². The van der Waals surface area contributed by atoms with E-state index in [4.69, 9.17) is 9.15 Å². The molecule has 6 heteroatoms. The smallest absolute Gasteiger partial charge is 0.338 e. The molecular formula is C18H13NO5. The maximum atomic E-state index is 11.5. The predicted molar refractivity (Wildman–Crippen MR) is 85.2 cm³/mol.